The first-order valence-electron chi connectivity index (χ1n) is 6.35. The summed E-state index contributed by atoms with van der Waals surface area (Å²) in [5.41, 5.74) is 2.25. The number of nitrogens with one attached hydrogen (secondary N) is 1. The van der Waals surface area contributed by atoms with Crippen LogP contribution in [0.1, 0.15) is 37.0 Å². The van der Waals surface area contributed by atoms with Gasteiger partial charge in [0.2, 0.25) is 0 Å². The van der Waals surface area contributed by atoms with Gasteiger partial charge in [0.15, 0.2) is 0 Å². The number of hydrogen-bond donors (Lipinski definition) is 1. The second-order valence-electron chi connectivity index (χ2n) is 5.62. The van der Waals surface area contributed by atoms with Crippen LogP contribution in [0.5, 0.6) is 0 Å². The van der Waals surface area contributed by atoms with Crippen molar-refractivity contribution < 1.29 is 4.39 Å². The van der Waals surface area contributed by atoms with E-state index in [1.54, 1.807) is 23.5 Å². The second-order valence-corrected chi connectivity index (χ2v) is 6.48. The maximum Gasteiger partial charge on any atom is 0.123 e. The van der Waals surface area contributed by atoms with Crippen LogP contribution in [0.25, 0.3) is 0 Å². The Morgan fingerprint density at radius 3 is 2.42 bits per heavy atom. The fraction of sp³-hybridized carbons (Fsp3) is 0.400. The van der Waals surface area contributed by atoms with Gasteiger partial charge in [0.05, 0.1) is 10.7 Å². The number of rotatable bonds is 4. The van der Waals surface area contributed by atoms with Crippen molar-refractivity contribution in [2.75, 3.05) is 0 Å². The molecule has 0 bridgehead atoms. The Kier molecular flexibility index (Phi) is 4.32. The first-order valence-corrected chi connectivity index (χ1v) is 7.23. The van der Waals surface area contributed by atoms with Crippen LogP contribution in [0.4, 0.5) is 4.39 Å². The summed E-state index contributed by atoms with van der Waals surface area (Å²) in [6, 6.07) is 6.56. The van der Waals surface area contributed by atoms with Gasteiger partial charge in [0, 0.05) is 23.9 Å². The average molecular weight is 278 g/mol. The Morgan fingerprint density at radius 1 is 1.16 bits per heavy atom. The second kappa shape index (κ2) is 5.80. The van der Waals surface area contributed by atoms with Crippen LogP contribution in [-0.2, 0) is 18.5 Å². The lowest BCUT2D eigenvalue weighted by atomic mass is 9.98. The van der Waals surface area contributed by atoms with Gasteiger partial charge in [-0.2, -0.15) is 0 Å². The maximum atomic E-state index is 12.8. The van der Waals surface area contributed by atoms with Gasteiger partial charge in [0.25, 0.3) is 0 Å². The predicted molar refractivity (Wildman–Crippen MR) is 77.8 cm³/mol. The van der Waals surface area contributed by atoms with Gasteiger partial charge in [-0.25, -0.2) is 9.37 Å². The third-order valence-corrected chi connectivity index (χ3v) is 4.06. The topological polar surface area (TPSA) is 24.9 Å². The maximum absolute atomic E-state index is 12.8. The number of thiazole rings is 1. The number of nitrogens with zero attached hydrogens (tertiary/aromatic N) is 1. The molecule has 2 rings (SSSR count). The van der Waals surface area contributed by atoms with E-state index < -0.39 is 0 Å². The predicted octanol–water partition coefficient (Wildman–Crippen LogP) is 3.87. The van der Waals surface area contributed by atoms with Crippen molar-refractivity contribution in [2.24, 2.45) is 0 Å². The van der Waals surface area contributed by atoms with Gasteiger partial charge in [-0.15, -0.1) is 11.3 Å². The Balaban J connectivity index is 1.86. The van der Waals surface area contributed by atoms with Crippen molar-refractivity contribution in [2.45, 2.75) is 39.3 Å². The molecule has 0 aliphatic heterocycles. The molecule has 0 saturated heterocycles. The number of aromatic nitrogens is 1. The van der Waals surface area contributed by atoms with E-state index in [2.05, 4.69) is 36.5 Å². The molecule has 0 radical (unpaired) electrons. The summed E-state index contributed by atoms with van der Waals surface area (Å²) in [6.07, 6.45) is 0. The molecule has 0 spiro atoms. The Bertz CT molecular complexity index is 526. The molecule has 1 aromatic heterocycles. The molecule has 0 aliphatic rings. The Labute approximate surface area is 117 Å². The summed E-state index contributed by atoms with van der Waals surface area (Å²) in [5.74, 6) is -0.196. The molecule has 1 heterocycles. The van der Waals surface area contributed by atoms with E-state index in [4.69, 9.17) is 0 Å². The molecule has 19 heavy (non-hydrogen) atoms. The third kappa shape index (κ3) is 4.11. The van der Waals surface area contributed by atoms with Crippen LogP contribution in [0.3, 0.4) is 0 Å². The first kappa shape index (κ1) is 14.2. The highest BCUT2D eigenvalue weighted by Crippen LogP contribution is 2.25. The van der Waals surface area contributed by atoms with E-state index in [1.807, 2.05) is 0 Å². The quantitative estimate of drug-likeness (QED) is 0.918. The summed E-state index contributed by atoms with van der Waals surface area (Å²) >= 11 is 1.70. The molecule has 0 fully saturated rings. The van der Waals surface area contributed by atoms with Crippen LogP contribution in [0.2, 0.25) is 0 Å². The normalized spacial score (nSPS) is 11.8. The third-order valence-electron chi connectivity index (χ3n) is 2.74. The highest BCUT2D eigenvalue weighted by molar-refractivity contribution is 7.09. The van der Waals surface area contributed by atoms with E-state index in [0.29, 0.717) is 0 Å². The van der Waals surface area contributed by atoms with Gasteiger partial charge in [-0.1, -0.05) is 32.9 Å². The van der Waals surface area contributed by atoms with E-state index >= 15 is 0 Å². The Morgan fingerprint density at radius 2 is 1.84 bits per heavy atom. The van der Waals surface area contributed by atoms with Crippen LogP contribution >= 0.6 is 11.3 Å². The minimum atomic E-state index is -0.196. The zero-order valence-corrected chi connectivity index (χ0v) is 12.4. The Hall–Kier alpha value is -1.26. The molecule has 4 heteroatoms. The lowest BCUT2D eigenvalue weighted by molar-refractivity contribution is 0.579. The van der Waals surface area contributed by atoms with E-state index in [0.717, 1.165) is 29.4 Å². The van der Waals surface area contributed by atoms with E-state index in [-0.39, 0.29) is 11.2 Å². The lowest BCUT2D eigenvalue weighted by Crippen LogP contribution is -2.14. The minimum absolute atomic E-state index is 0.111. The molecule has 102 valence electrons. The first-order chi connectivity index (χ1) is 8.95. The summed E-state index contributed by atoms with van der Waals surface area (Å²) in [5, 5.41) is 6.58. The van der Waals surface area contributed by atoms with Crippen molar-refractivity contribution >= 4 is 11.3 Å². The summed E-state index contributed by atoms with van der Waals surface area (Å²) in [4.78, 5) is 4.62. The van der Waals surface area contributed by atoms with Crippen molar-refractivity contribution in [3.63, 3.8) is 0 Å². The fourth-order valence-electron chi connectivity index (χ4n) is 1.67. The zero-order valence-electron chi connectivity index (χ0n) is 11.5. The van der Waals surface area contributed by atoms with E-state index in [9.17, 15) is 4.39 Å². The fourth-order valence-corrected chi connectivity index (χ4v) is 2.58. The molecule has 2 aromatic rings. The van der Waals surface area contributed by atoms with Crippen molar-refractivity contribution in [1.82, 2.24) is 10.3 Å². The molecule has 2 nitrogen and oxygen atoms in total. The monoisotopic (exact) mass is 278 g/mol. The van der Waals surface area contributed by atoms with Gasteiger partial charge in [0.1, 0.15) is 5.82 Å². The highest BCUT2D eigenvalue weighted by Gasteiger charge is 2.17. The molecular formula is C15H19FN2S. The minimum Gasteiger partial charge on any atom is -0.307 e. The van der Waals surface area contributed by atoms with Gasteiger partial charge in [-0.3, -0.25) is 0 Å². The molecule has 0 aliphatic carbocycles. The smallest absolute Gasteiger partial charge is 0.123 e. The SMILES string of the molecule is CC(C)(C)c1nc(CNCc2ccc(F)cc2)cs1. The molecule has 0 saturated carbocycles. The van der Waals surface area contributed by atoms with E-state index in [1.165, 1.54) is 12.1 Å². The molecule has 1 aromatic carbocycles. The van der Waals surface area contributed by atoms with Crippen LogP contribution in [0.15, 0.2) is 29.6 Å². The summed E-state index contributed by atoms with van der Waals surface area (Å²) in [6.45, 7) is 7.97. The standard InChI is InChI=1S/C15H19FN2S/c1-15(2,3)14-18-13(10-19-14)9-17-8-11-4-6-12(16)7-5-11/h4-7,10,17H,8-9H2,1-3H3. The zero-order chi connectivity index (χ0) is 13.9. The molecule has 1 N–H and O–H groups in total. The van der Waals surface area contributed by atoms with Crippen molar-refractivity contribution in [1.29, 1.82) is 0 Å². The average Bonchev–Trinajstić information content (AvgIpc) is 2.80. The van der Waals surface area contributed by atoms with Crippen molar-refractivity contribution in [3.8, 4) is 0 Å². The largest absolute Gasteiger partial charge is 0.307 e. The molecule has 0 unspecified atom stereocenters. The van der Waals surface area contributed by atoms with Crippen LogP contribution < -0.4 is 5.32 Å². The number of benzene rings is 1. The number of halogens is 1. The van der Waals surface area contributed by atoms with Crippen LogP contribution in [0, 0.1) is 5.82 Å². The van der Waals surface area contributed by atoms with Gasteiger partial charge < -0.3 is 5.32 Å². The number of hydrogen-bond acceptors (Lipinski definition) is 3. The molecule has 0 amide bonds. The molecular weight excluding hydrogens is 259 g/mol. The summed E-state index contributed by atoms with van der Waals surface area (Å²) in [7, 11) is 0. The summed E-state index contributed by atoms with van der Waals surface area (Å²) < 4.78 is 12.8. The van der Waals surface area contributed by atoms with Crippen molar-refractivity contribution in [3.05, 3.63) is 51.7 Å². The highest BCUT2D eigenvalue weighted by atomic mass is 32.1. The lowest BCUT2D eigenvalue weighted by Gasteiger charge is -2.13. The van der Waals surface area contributed by atoms with Gasteiger partial charge in [-0.05, 0) is 17.7 Å². The van der Waals surface area contributed by atoms with Crippen LogP contribution in [-0.4, -0.2) is 4.98 Å². The van der Waals surface area contributed by atoms with Gasteiger partial charge >= 0.3 is 0 Å². The molecule has 0 atom stereocenters.